The molecule has 1 atom stereocenters. The SMILES string of the molecule is CI.[C-]#[N+]c1c(N)nc(C(C)C(=O)OCC)c(C#N)c1-c1ccc2c(c1)OCO2.[C-]#[N+]c1c(N)nc(CC(=O)OCC)c(C#N)c1-c1ccc2c(c1)OCO2. The number of hydrogen-bond donors (Lipinski definition) is 2. The summed E-state index contributed by atoms with van der Waals surface area (Å²) in [4.78, 5) is 41.1. The second-order valence-corrected chi connectivity index (χ2v) is 11.1. The third-order valence-corrected chi connectivity index (χ3v) is 7.94. The first-order valence-electron chi connectivity index (χ1n) is 16.3. The minimum Gasteiger partial charge on any atom is -0.466 e. The predicted molar refractivity (Wildman–Crippen MR) is 208 cm³/mol. The molecule has 17 heteroatoms. The van der Waals surface area contributed by atoms with Gasteiger partial charge >= 0.3 is 11.9 Å². The standard InChI is InChI=1S/C19H16N4O4.C18H14N4O4.CH3I/c1-4-25-19(24)10(2)16-12(8-20)15(17(22-3)18(21)23-16)11-5-6-13-14(7-11)27-9-26-13;1-3-24-15(23)7-12-11(8-19)16(17(21-2)18(20)22-12)10-4-5-13-14(6-10)26-9-25-13;1-2/h5-7,10H,4,9H2,1-2H3,(H2,21,23);4-6H,3,7,9H2,1H3,(H2,20,22);1H3. The van der Waals surface area contributed by atoms with Crippen molar-refractivity contribution in [3.8, 4) is 57.4 Å². The van der Waals surface area contributed by atoms with E-state index in [9.17, 15) is 20.1 Å². The number of alkyl halides is 1. The molecule has 2 aromatic heterocycles. The van der Waals surface area contributed by atoms with Crippen LogP contribution in [0.4, 0.5) is 23.0 Å². The summed E-state index contributed by atoms with van der Waals surface area (Å²) in [5, 5.41) is 19.4. The molecule has 0 radical (unpaired) electrons. The molecule has 0 amide bonds. The highest BCUT2D eigenvalue weighted by Crippen LogP contribution is 2.45. The van der Waals surface area contributed by atoms with Gasteiger partial charge in [0.15, 0.2) is 23.0 Å². The number of nitrogens with two attached hydrogens (primary N) is 2. The van der Waals surface area contributed by atoms with Crippen LogP contribution in [0.2, 0.25) is 0 Å². The summed E-state index contributed by atoms with van der Waals surface area (Å²) in [7, 11) is 0. The molecule has 4 heterocycles. The first-order chi connectivity index (χ1) is 26.6. The third kappa shape index (κ3) is 8.70. The highest BCUT2D eigenvalue weighted by atomic mass is 127. The van der Waals surface area contributed by atoms with Gasteiger partial charge in [-0.2, -0.15) is 10.5 Å². The van der Waals surface area contributed by atoms with Crippen molar-refractivity contribution in [3.05, 3.63) is 81.7 Å². The molecule has 2 aliphatic rings. The van der Waals surface area contributed by atoms with Crippen LogP contribution in [0.25, 0.3) is 31.9 Å². The maximum atomic E-state index is 12.2. The van der Waals surface area contributed by atoms with Gasteiger partial charge in [-0.25, -0.2) is 19.7 Å². The number of aromatic nitrogens is 2. The number of fused-ring (bicyclic) bond motifs is 2. The number of rotatable bonds is 8. The number of carbonyl (C=O) groups is 2. The van der Waals surface area contributed by atoms with Crippen LogP contribution in [0, 0.1) is 35.8 Å². The number of anilines is 2. The molecule has 6 rings (SSSR count). The van der Waals surface area contributed by atoms with Crippen molar-refractivity contribution >= 4 is 57.5 Å². The van der Waals surface area contributed by atoms with Gasteiger partial charge in [-0.3, -0.25) is 9.59 Å². The van der Waals surface area contributed by atoms with Gasteiger partial charge in [-0.05, 0) is 61.1 Å². The maximum absolute atomic E-state index is 12.2. The van der Waals surface area contributed by atoms with Crippen molar-refractivity contribution in [2.75, 3.05) is 43.2 Å². The largest absolute Gasteiger partial charge is 0.466 e. The van der Waals surface area contributed by atoms with Gasteiger partial charge in [-0.15, -0.1) is 0 Å². The topological polar surface area (TPSA) is 224 Å². The second kappa shape index (κ2) is 18.8. The quantitative estimate of drug-likeness (QED) is 0.0806. The molecule has 4 aromatic rings. The number of esters is 2. The van der Waals surface area contributed by atoms with Crippen LogP contribution in [0.15, 0.2) is 36.4 Å². The molecule has 280 valence electrons. The van der Waals surface area contributed by atoms with Crippen LogP contribution in [-0.4, -0.2) is 53.6 Å². The van der Waals surface area contributed by atoms with E-state index < -0.39 is 17.9 Å². The van der Waals surface area contributed by atoms with Gasteiger partial charge < -0.3 is 39.9 Å². The Labute approximate surface area is 330 Å². The van der Waals surface area contributed by atoms with E-state index in [1.165, 1.54) is 0 Å². The van der Waals surface area contributed by atoms with Gasteiger partial charge in [0.05, 0.1) is 61.2 Å². The summed E-state index contributed by atoms with van der Waals surface area (Å²) in [5.41, 5.74) is 14.3. The molecule has 0 bridgehead atoms. The smallest absolute Gasteiger partial charge is 0.314 e. The van der Waals surface area contributed by atoms with E-state index in [1.54, 1.807) is 57.2 Å². The zero-order chi connectivity index (χ0) is 40.2. The van der Waals surface area contributed by atoms with E-state index in [4.69, 9.17) is 53.0 Å². The molecule has 0 spiro atoms. The summed E-state index contributed by atoms with van der Waals surface area (Å²) in [6.45, 7) is 20.5. The summed E-state index contributed by atoms with van der Waals surface area (Å²) < 4.78 is 31.3. The van der Waals surface area contributed by atoms with Crippen molar-refractivity contribution < 1.29 is 38.0 Å². The third-order valence-electron chi connectivity index (χ3n) is 7.94. The number of benzene rings is 2. The summed E-state index contributed by atoms with van der Waals surface area (Å²) >= 11 is 2.15. The lowest BCUT2D eigenvalue weighted by Gasteiger charge is -2.17. The molecule has 16 nitrogen and oxygen atoms in total. The van der Waals surface area contributed by atoms with Gasteiger partial charge in [0.25, 0.3) is 0 Å². The first-order valence-corrected chi connectivity index (χ1v) is 18.5. The monoisotopic (exact) mass is 856 g/mol. The van der Waals surface area contributed by atoms with E-state index in [-0.39, 0.29) is 78.7 Å². The van der Waals surface area contributed by atoms with E-state index in [1.807, 2.05) is 11.0 Å². The Bertz CT molecular complexity index is 2310. The second-order valence-electron chi connectivity index (χ2n) is 11.1. The van der Waals surface area contributed by atoms with E-state index in [2.05, 4.69) is 48.3 Å². The normalized spacial score (nSPS) is 11.8. The lowest BCUT2D eigenvalue weighted by atomic mass is 9.92. The molecule has 2 aromatic carbocycles. The fourth-order valence-corrected chi connectivity index (χ4v) is 5.55. The number of nitrogens with zero attached hydrogens (tertiary/aromatic N) is 6. The van der Waals surface area contributed by atoms with Crippen molar-refractivity contribution in [3.63, 3.8) is 0 Å². The fraction of sp³-hybridized carbons (Fsp3) is 0.263. The highest BCUT2D eigenvalue weighted by Gasteiger charge is 2.29. The van der Waals surface area contributed by atoms with Crippen molar-refractivity contribution in [1.82, 2.24) is 9.97 Å². The molecule has 0 fully saturated rings. The van der Waals surface area contributed by atoms with Crippen molar-refractivity contribution in [1.29, 1.82) is 10.5 Å². The Balaban J connectivity index is 0.000000234. The predicted octanol–water partition coefficient (Wildman–Crippen LogP) is 6.79. The summed E-state index contributed by atoms with van der Waals surface area (Å²) in [5.74, 6) is 0.195. The highest BCUT2D eigenvalue weighted by molar-refractivity contribution is 14.1. The number of nitriles is 2. The summed E-state index contributed by atoms with van der Waals surface area (Å²) in [6.07, 6.45) is -0.212. The van der Waals surface area contributed by atoms with E-state index >= 15 is 0 Å². The number of hydrogen-bond acceptors (Lipinski definition) is 14. The maximum Gasteiger partial charge on any atom is 0.314 e. The molecule has 0 saturated carbocycles. The zero-order valence-electron chi connectivity index (χ0n) is 30.1. The molecule has 2 aliphatic heterocycles. The lowest BCUT2D eigenvalue weighted by molar-refractivity contribution is -0.144. The molecule has 4 N–H and O–H groups in total. The Hall–Kier alpha value is -6.83. The number of carbonyl (C=O) groups excluding carboxylic acids is 2. The molecular formula is C38H33IN8O8. The van der Waals surface area contributed by atoms with Crippen LogP contribution < -0.4 is 30.4 Å². The average Bonchev–Trinajstić information content (AvgIpc) is 3.87. The average molecular weight is 857 g/mol. The number of ether oxygens (including phenoxy) is 6. The Morgan fingerprint density at radius 3 is 1.76 bits per heavy atom. The van der Waals surface area contributed by atoms with E-state index in [0.29, 0.717) is 45.3 Å². The van der Waals surface area contributed by atoms with Crippen LogP contribution in [-0.2, 0) is 25.5 Å². The molecular weight excluding hydrogens is 823 g/mol. The van der Waals surface area contributed by atoms with Crippen LogP contribution in [0.5, 0.6) is 23.0 Å². The van der Waals surface area contributed by atoms with Crippen molar-refractivity contribution in [2.45, 2.75) is 33.1 Å². The lowest BCUT2D eigenvalue weighted by Crippen LogP contribution is -2.17. The van der Waals surface area contributed by atoms with Gasteiger partial charge in [0, 0.05) is 11.1 Å². The van der Waals surface area contributed by atoms with Gasteiger partial charge in [0.1, 0.15) is 23.8 Å². The zero-order valence-corrected chi connectivity index (χ0v) is 32.2. The molecule has 0 aliphatic carbocycles. The van der Waals surface area contributed by atoms with Crippen molar-refractivity contribution in [2.24, 2.45) is 0 Å². The minimum absolute atomic E-state index is 0.0465. The van der Waals surface area contributed by atoms with Gasteiger partial charge in [-0.1, -0.05) is 34.7 Å². The Morgan fingerprint density at radius 2 is 1.29 bits per heavy atom. The first kappa shape index (κ1) is 40.9. The summed E-state index contributed by atoms with van der Waals surface area (Å²) in [6, 6.07) is 14.2. The minimum atomic E-state index is -0.811. The molecule has 0 saturated heterocycles. The van der Waals surface area contributed by atoms with Crippen LogP contribution in [0.3, 0.4) is 0 Å². The Kier molecular flexibility index (Phi) is 14.0. The number of halogens is 1. The van der Waals surface area contributed by atoms with Gasteiger partial charge in [0.2, 0.25) is 25.0 Å². The van der Waals surface area contributed by atoms with Crippen LogP contribution in [0.1, 0.15) is 49.2 Å². The molecule has 55 heavy (non-hydrogen) atoms. The molecule has 1 unspecified atom stereocenters. The number of pyridine rings is 2. The van der Waals surface area contributed by atoms with Crippen LogP contribution >= 0.6 is 22.6 Å². The Morgan fingerprint density at radius 1 is 0.818 bits per heavy atom. The fourth-order valence-electron chi connectivity index (χ4n) is 5.55. The number of nitrogen functional groups attached to an aromatic ring is 2. The van der Waals surface area contributed by atoms with E-state index in [0.717, 1.165) is 0 Å².